The number of carbonyl (C=O) groups is 1. The molecule has 0 aromatic carbocycles. The van der Waals surface area contributed by atoms with Crippen LogP contribution < -0.4 is 0 Å². The number of hydrogen-bond donors (Lipinski definition) is 0. The molecule has 1 atom stereocenters. The molecular weight excluding hydrogens is 234 g/mol. The lowest BCUT2D eigenvalue weighted by Crippen LogP contribution is -2.29. The molecule has 1 aliphatic heterocycles. The van der Waals surface area contributed by atoms with Gasteiger partial charge in [-0.1, -0.05) is 0 Å². The summed E-state index contributed by atoms with van der Waals surface area (Å²) in [5, 5.41) is 0. The van der Waals surface area contributed by atoms with Crippen LogP contribution in [-0.2, 0) is 9.47 Å². The molecular formula is C13H19NO4. The predicted molar refractivity (Wildman–Crippen MR) is 65.4 cm³/mol. The van der Waals surface area contributed by atoms with Crippen LogP contribution in [0.2, 0.25) is 0 Å². The van der Waals surface area contributed by atoms with Gasteiger partial charge in [0.25, 0.3) is 5.91 Å². The third kappa shape index (κ3) is 3.34. The summed E-state index contributed by atoms with van der Waals surface area (Å²) in [5.41, 5.74) is 0. The van der Waals surface area contributed by atoms with E-state index in [0.29, 0.717) is 31.5 Å². The normalized spacial score (nSPS) is 19.4. The van der Waals surface area contributed by atoms with Gasteiger partial charge in [0.2, 0.25) is 0 Å². The predicted octanol–water partition coefficient (Wildman–Crippen LogP) is 1.40. The van der Waals surface area contributed by atoms with E-state index in [1.165, 1.54) is 6.26 Å². The van der Waals surface area contributed by atoms with Crippen LogP contribution in [0, 0.1) is 5.92 Å². The Morgan fingerprint density at radius 3 is 3.17 bits per heavy atom. The standard InChI is InChI=1S/C13H19NO4/c1-16-7-8-17-10-11-4-5-14(9-11)13(15)12-3-2-6-18-12/h2-3,6,11H,4-5,7-10H2,1H3/t11-/m1/s1. The topological polar surface area (TPSA) is 51.9 Å². The Kier molecular flexibility index (Phi) is 4.78. The molecule has 2 rings (SSSR count). The van der Waals surface area contributed by atoms with Gasteiger partial charge in [-0.05, 0) is 18.6 Å². The smallest absolute Gasteiger partial charge is 0.289 e. The van der Waals surface area contributed by atoms with Crippen LogP contribution in [0.3, 0.4) is 0 Å². The van der Waals surface area contributed by atoms with E-state index in [2.05, 4.69) is 0 Å². The molecule has 5 nitrogen and oxygen atoms in total. The van der Waals surface area contributed by atoms with Crippen molar-refractivity contribution in [3.63, 3.8) is 0 Å². The fourth-order valence-corrected chi connectivity index (χ4v) is 2.10. The van der Waals surface area contributed by atoms with Crippen LogP contribution in [0.5, 0.6) is 0 Å². The molecule has 0 saturated carbocycles. The summed E-state index contributed by atoms with van der Waals surface area (Å²) in [6.45, 7) is 3.43. The van der Waals surface area contributed by atoms with E-state index in [4.69, 9.17) is 13.9 Å². The van der Waals surface area contributed by atoms with E-state index >= 15 is 0 Å². The SMILES string of the molecule is COCCOC[C@@H]1CCN(C(=O)c2ccco2)C1. The van der Waals surface area contributed by atoms with Crippen LogP contribution in [-0.4, -0.2) is 50.8 Å². The molecule has 5 heteroatoms. The zero-order chi connectivity index (χ0) is 12.8. The molecule has 2 heterocycles. The molecule has 1 fully saturated rings. The number of carbonyl (C=O) groups excluding carboxylic acids is 1. The Balaban J connectivity index is 1.73. The van der Waals surface area contributed by atoms with Crippen molar-refractivity contribution in [1.82, 2.24) is 4.90 Å². The van der Waals surface area contributed by atoms with E-state index < -0.39 is 0 Å². The lowest BCUT2D eigenvalue weighted by Gasteiger charge is -2.15. The highest BCUT2D eigenvalue weighted by Gasteiger charge is 2.28. The molecule has 0 bridgehead atoms. The van der Waals surface area contributed by atoms with Gasteiger partial charge in [0.05, 0.1) is 26.1 Å². The fraction of sp³-hybridized carbons (Fsp3) is 0.615. The molecule has 0 radical (unpaired) electrons. The summed E-state index contributed by atoms with van der Waals surface area (Å²) >= 11 is 0. The lowest BCUT2D eigenvalue weighted by atomic mass is 10.1. The van der Waals surface area contributed by atoms with Gasteiger partial charge in [-0.25, -0.2) is 0 Å². The first-order chi connectivity index (χ1) is 8.81. The van der Waals surface area contributed by atoms with Crippen LogP contribution in [0.4, 0.5) is 0 Å². The summed E-state index contributed by atoms with van der Waals surface area (Å²) < 4.78 is 15.5. The molecule has 0 aliphatic carbocycles. The monoisotopic (exact) mass is 253 g/mol. The van der Waals surface area contributed by atoms with Crippen molar-refractivity contribution in [2.45, 2.75) is 6.42 Å². The van der Waals surface area contributed by atoms with Crippen molar-refractivity contribution in [2.24, 2.45) is 5.92 Å². The van der Waals surface area contributed by atoms with Gasteiger partial charge >= 0.3 is 0 Å². The average Bonchev–Trinajstić information content (AvgIpc) is 3.05. The fourth-order valence-electron chi connectivity index (χ4n) is 2.10. The quantitative estimate of drug-likeness (QED) is 0.719. The number of hydrogen-bond acceptors (Lipinski definition) is 4. The Labute approximate surface area is 107 Å². The van der Waals surface area contributed by atoms with Crippen molar-refractivity contribution in [1.29, 1.82) is 0 Å². The lowest BCUT2D eigenvalue weighted by molar-refractivity contribution is 0.0512. The maximum absolute atomic E-state index is 12.0. The molecule has 0 spiro atoms. The first-order valence-electron chi connectivity index (χ1n) is 6.20. The van der Waals surface area contributed by atoms with Crippen LogP contribution >= 0.6 is 0 Å². The zero-order valence-corrected chi connectivity index (χ0v) is 10.6. The molecule has 0 unspecified atom stereocenters. The highest BCUT2D eigenvalue weighted by atomic mass is 16.5. The second kappa shape index (κ2) is 6.56. The number of amides is 1. The Bertz CT molecular complexity index is 363. The summed E-state index contributed by atoms with van der Waals surface area (Å²) in [6.07, 6.45) is 2.51. The molecule has 1 saturated heterocycles. The molecule has 0 N–H and O–H groups in total. The molecule has 1 amide bonds. The first-order valence-corrected chi connectivity index (χ1v) is 6.20. The Morgan fingerprint density at radius 1 is 1.56 bits per heavy atom. The number of rotatable bonds is 6. The van der Waals surface area contributed by atoms with E-state index in [-0.39, 0.29) is 5.91 Å². The Morgan fingerprint density at radius 2 is 2.44 bits per heavy atom. The van der Waals surface area contributed by atoms with Gasteiger partial charge < -0.3 is 18.8 Å². The zero-order valence-electron chi connectivity index (χ0n) is 10.6. The van der Waals surface area contributed by atoms with Gasteiger partial charge in [-0.2, -0.15) is 0 Å². The average molecular weight is 253 g/mol. The van der Waals surface area contributed by atoms with Crippen LogP contribution in [0.15, 0.2) is 22.8 Å². The second-order valence-electron chi connectivity index (χ2n) is 4.45. The third-order valence-corrected chi connectivity index (χ3v) is 3.09. The maximum Gasteiger partial charge on any atom is 0.289 e. The molecule has 1 aliphatic rings. The van der Waals surface area contributed by atoms with Crippen molar-refractivity contribution >= 4 is 5.91 Å². The Hall–Kier alpha value is -1.33. The van der Waals surface area contributed by atoms with Crippen molar-refractivity contribution in [2.75, 3.05) is 40.0 Å². The minimum atomic E-state index is -0.0283. The molecule has 100 valence electrons. The largest absolute Gasteiger partial charge is 0.459 e. The van der Waals surface area contributed by atoms with Gasteiger partial charge in [0.15, 0.2) is 5.76 Å². The minimum absolute atomic E-state index is 0.0283. The van der Waals surface area contributed by atoms with Gasteiger partial charge in [0, 0.05) is 26.1 Å². The second-order valence-corrected chi connectivity index (χ2v) is 4.45. The molecule has 1 aromatic rings. The highest BCUT2D eigenvalue weighted by Crippen LogP contribution is 2.19. The summed E-state index contributed by atoms with van der Waals surface area (Å²) in [6, 6.07) is 3.43. The maximum atomic E-state index is 12.0. The minimum Gasteiger partial charge on any atom is -0.459 e. The van der Waals surface area contributed by atoms with Crippen LogP contribution in [0.1, 0.15) is 17.0 Å². The number of furan rings is 1. The number of ether oxygens (including phenoxy) is 2. The van der Waals surface area contributed by atoms with E-state index in [1.807, 2.05) is 4.90 Å². The van der Waals surface area contributed by atoms with E-state index in [1.54, 1.807) is 19.2 Å². The number of likely N-dealkylation sites (tertiary alicyclic amines) is 1. The molecule has 1 aromatic heterocycles. The number of methoxy groups -OCH3 is 1. The van der Waals surface area contributed by atoms with Crippen molar-refractivity contribution in [3.05, 3.63) is 24.2 Å². The highest BCUT2D eigenvalue weighted by molar-refractivity contribution is 5.91. The van der Waals surface area contributed by atoms with E-state index in [0.717, 1.165) is 19.5 Å². The third-order valence-electron chi connectivity index (χ3n) is 3.09. The van der Waals surface area contributed by atoms with Gasteiger partial charge in [-0.15, -0.1) is 0 Å². The van der Waals surface area contributed by atoms with Crippen molar-refractivity contribution < 1.29 is 18.7 Å². The van der Waals surface area contributed by atoms with Gasteiger partial charge in [-0.3, -0.25) is 4.79 Å². The first kappa shape index (κ1) is 13.1. The number of nitrogens with zero attached hydrogens (tertiary/aromatic N) is 1. The summed E-state index contributed by atoms with van der Waals surface area (Å²) in [7, 11) is 1.66. The van der Waals surface area contributed by atoms with Crippen LogP contribution in [0.25, 0.3) is 0 Å². The van der Waals surface area contributed by atoms with Gasteiger partial charge in [0.1, 0.15) is 0 Å². The summed E-state index contributed by atoms with van der Waals surface area (Å²) in [4.78, 5) is 13.8. The van der Waals surface area contributed by atoms with E-state index in [9.17, 15) is 4.79 Å². The summed E-state index contributed by atoms with van der Waals surface area (Å²) in [5.74, 6) is 0.802. The molecule has 18 heavy (non-hydrogen) atoms. The van der Waals surface area contributed by atoms with Crippen molar-refractivity contribution in [3.8, 4) is 0 Å².